The van der Waals surface area contributed by atoms with Crippen molar-refractivity contribution in [2.75, 3.05) is 6.54 Å². The number of furan rings is 1. The number of carbonyl (C=O) groups excluding carboxylic acids is 2. The summed E-state index contributed by atoms with van der Waals surface area (Å²) >= 11 is 0.862. The van der Waals surface area contributed by atoms with E-state index in [0.29, 0.717) is 23.6 Å². The molecule has 1 saturated heterocycles. The van der Waals surface area contributed by atoms with E-state index < -0.39 is 4.92 Å². The normalized spacial score (nSPS) is 16.1. The Morgan fingerprint density at radius 3 is 2.65 bits per heavy atom. The van der Waals surface area contributed by atoms with Crippen molar-refractivity contribution in [3.63, 3.8) is 0 Å². The van der Waals surface area contributed by atoms with Gasteiger partial charge in [0.1, 0.15) is 11.5 Å². The molecule has 0 aliphatic carbocycles. The van der Waals surface area contributed by atoms with Crippen LogP contribution in [-0.4, -0.2) is 27.5 Å². The minimum atomic E-state index is -0.477. The van der Waals surface area contributed by atoms with Crippen LogP contribution in [0.3, 0.4) is 0 Å². The van der Waals surface area contributed by atoms with Crippen molar-refractivity contribution >= 4 is 34.7 Å². The summed E-state index contributed by atoms with van der Waals surface area (Å²) in [5, 5.41) is 10.8. The monoisotopic (exact) mass is 372 g/mol. The molecule has 0 atom stereocenters. The molecule has 2 amide bonds. The number of benzene rings is 1. The first kappa shape index (κ1) is 17.9. The highest BCUT2D eigenvalue weighted by molar-refractivity contribution is 8.18. The molecule has 1 aliphatic rings. The first-order valence-electron chi connectivity index (χ1n) is 7.96. The molecule has 0 radical (unpaired) electrons. The van der Waals surface area contributed by atoms with E-state index >= 15 is 0 Å². The Kier molecular flexibility index (Phi) is 4.94. The molecule has 8 heteroatoms. The van der Waals surface area contributed by atoms with E-state index in [1.807, 2.05) is 13.8 Å². The minimum Gasteiger partial charge on any atom is -0.456 e. The molecule has 26 heavy (non-hydrogen) atoms. The summed E-state index contributed by atoms with van der Waals surface area (Å²) in [6, 6.07) is 9.47. The van der Waals surface area contributed by atoms with Gasteiger partial charge in [-0.3, -0.25) is 24.6 Å². The number of hydrogen-bond donors (Lipinski definition) is 0. The fraction of sp³-hybridized carbons (Fsp3) is 0.222. The number of rotatable bonds is 5. The molecule has 0 spiro atoms. The molecule has 134 valence electrons. The third-order valence-electron chi connectivity index (χ3n) is 3.69. The van der Waals surface area contributed by atoms with Crippen molar-refractivity contribution in [3.05, 3.63) is 57.2 Å². The third kappa shape index (κ3) is 3.55. The second-order valence-corrected chi connectivity index (χ2v) is 7.16. The standard InChI is InChI=1S/C18H16N2O5S/c1-11(2)10-19-17(21)16(26-18(19)22)9-12-7-8-15(25-12)13-5-3-4-6-14(13)20(23)24/h3-9,11H,10H2,1-2H3. The highest BCUT2D eigenvalue weighted by atomic mass is 32.2. The fourth-order valence-electron chi connectivity index (χ4n) is 2.57. The van der Waals surface area contributed by atoms with Gasteiger partial charge in [-0.2, -0.15) is 0 Å². The lowest BCUT2D eigenvalue weighted by Crippen LogP contribution is -2.31. The predicted octanol–water partition coefficient (Wildman–Crippen LogP) is 4.55. The number of nitro benzene ring substituents is 1. The topological polar surface area (TPSA) is 93.7 Å². The fourth-order valence-corrected chi connectivity index (χ4v) is 3.40. The van der Waals surface area contributed by atoms with Crippen LogP contribution in [0.5, 0.6) is 0 Å². The molecule has 1 aromatic heterocycles. The molecule has 0 N–H and O–H groups in total. The first-order valence-corrected chi connectivity index (χ1v) is 8.77. The zero-order valence-electron chi connectivity index (χ0n) is 14.2. The molecule has 0 unspecified atom stereocenters. The summed E-state index contributed by atoms with van der Waals surface area (Å²) in [7, 11) is 0. The number of hydrogen-bond acceptors (Lipinski definition) is 6. The minimum absolute atomic E-state index is 0.0642. The molecule has 0 saturated carbocycles. The number of thioether (sulfide) groups is 1. The second kappa shape index (κ2) is 7.17. The van der Waals surface area contributed by atoms with Gasteiger partial charge >= 0.3 is 0 Å². The van der Waals surface area contributed by atoms with E-state index in [4.69, 9.17) is 4.42 Å². The SMILES string of the molecule is CC(C)CN1C(=O)SC(=Cc2ccc(-c3ccccc3[N+](=O)[O-])o2)C1=O. The Morgan fingerprint density at radius 1 is 1.23 bits per heavy atom. The van der Waals surface area contributed by atoms with Crippen LogP contribution in [0.25, 0.3) is 17.4 Å². The maximum atomic E-state index is 12.4. The van der Waals surface area contributed by atoms with Crippen LogP contribution in [0.1, 0.15) is 19.6 Å². The summed E-state index contributed by atoms with van der Waals surface area (Å²) in [5.41, 5.74) is 0.288. The lowest BCUT2D eigenvalue weighted by Gasteiger charge is -2.14. The number of nitrogens with zero attached hydrogens (tertiary/aromatic N) is 2. The third-order valence-corrected chi connectivity index (χ3v) is 4.60. The lowest BCUT2D eigenvalue weighted by molar-refractivity contribution is -0.384. The molecule has 7 nitrogen and oxygen atoms in total. The Hall–Kier alpha value is -2.87. The molecular weight excluding hydrogens is 356 g/mol. The van der Waals surface area contributed by atoms with E-state index in [-0.39, 0.29) is 27.7 Å². The van der Waals surface area contributed by atoms with Crippen molar-refractivity contribution < 1.29 is 18.9 Å². The van der Waals surface area contributed by atoms with E-state index in [1.54, 1.807) is 30.3 Å². The van der Waals surface area contributed by atoms with Gasteiger partial charge in [-0.25, -0.2) is 0 Å². The first-order chi connectivity index (χ1) is 12.4. The largest absolute Gasteiger partial charge is 0.456 e. The zero-order chi connectivity index (χ0) is 18.8. The van der Waals surface area contributed by atoms with E-state index in [9.17, 15) is 19.7 Å². The molecular formula is C18H16N2O5S. The van der Waals surface area contributed by atoms with Crippen molar-refractivity contribution in [3.8, 4) is 11.3 Å². The molecule has 2 heterocycles. The molecule has 2 aromatic rings. The summed E-state index contributed by atoms with van der Waals surface area (Å²) in [5.74, 6) is 0.507. The van der Waals surface area contributed by atoms with Crippen molar-refractivity contribution in [2.45, 2.75) is 13.8 Å². The van der Waals surface area contributed by atoms with E-state index in [1.165, 1.54) is 17.0 Å². The average molecular weight is 372 g/mol. The Morgan fingerprint density at radius 2 is 1.96 bits per heavy atom. The van der Waals surface area contributed by atoms with Crippen LogP contribution in [0.4, 0.5) is 10.5 Å². The van der Waals surface area contributed by atoms with Crippen LogP contribution in [0.2, 0.25) is 0 Å². The summed E-state index contributed by atoms with van der Waals surface area (Å²) < 4.78 is 5.65. The van der Waals surface area contributed by atoms with Gasteiger partial charge in [-0.05, 0) is 35.9 Å². The summed E-state index contributed by atoms with van der Waals surface area (Å²) in [6.45, 7) is 4.22. The number of carbonyl (C=O) groups is 2. The number of amides is 2. The van der Waals surface area contributed by atoms with Crippen LogP contribution in [0, 0.1) is 16.0 Å². The summed E-state index contributed by atoms with van der Waals surface area (Å²) in [6.07, 6.45) is 1.49. The van der Waals surface area contributed by atoms with Crippen LogP contribution >= 0.6 is 11.8 Å². The van der Waals surface area contributed by atoms with Crippen molar-refractivity contribution in [1.29, 1.82) is 0 Å². The number of nitro groups is 1. The zero-order valence-corrected chi connectivity index (χ0v) is 15.0. The maximum Gasteiger partial charge on any atom is 0.293 e. The smallest absolute Gasteiger partial charge is 0.293 e. The maximum absolute atomic E-state index is 12.4. The van der Waals surface area contributed by atoms with Gasteiger partial charge in [0, 0.05) is 18.7 Å². The van der Waals surface area contributed by atoms with Gasteiger partial charge in [0.25, 0.3) is 16.8 Å². The highest BCUT2D eigenvalue weighted by Crippen LogP contribution is 2.35. The summed E-state index contributed by atoms with van der Waals surface area (Å²) in [4.78, 5) is 36.5. The highest BCUT2D eigenvalue weighted by Gasteiger charge is 2.35. The lowest BCUT2D eigenvalue weighted by atomic mass is 10.1. The molecule has 3 rings (SSSR count). The molecule has 1 aliphatic heterocycles. The van der Waals surface area contributed by atoms with Crippen molar-refractivity contribution in [2.24, 2.45) is 5.92 Å². The predicted molar refractivity (Wildman–Crippen MR) is 98.3 cm³/mol. The van der Waals surface area contributed by atoms with Crippen LogP contribution in [0.15, 0.2) is 45.7 Å². The molecule has 1 fully saturated rings. The van der Waals surface area contributed by atoms with Gasteiger partial charge in [0.15, 0.2) is 0 Å². The second-order valence-electron chi connectivity index (χ2n) is 6.16. The van der Waals surface area contributed by atoms with Gasteiger partial charge in [-0.15, -0.1) is 0 Å². The Balaban J connectivity index is 1.88. The van der Waals surface area contributed by atoms with Gasteiger partial charge in [0.05, 0.1) is 15.4 Å². The van der Waals surface area contributed by atoms with Gasteiger partial charge in [0.2, 0.25) is 0 Å². The molecule has 1 aromatic carbocycles. The van der Waals surface area contributed by atoms with Crippen molar-refractivity contribution in [1.82, 2.24) is 4.90 Å². The van der Waals surface area contributed by atoms with E-state index in [0.717, 1.165) is 11.8 Å². The quantitative estimate of drug-likeness (QED) is 0.434. The van der Waals surface area contributed by atoms with Gasteiger partial charge < -0.3 is 4.42 Å². The Bertz CT molecular complexity index is 916. The van der Waals surface area contributed by atoms with Crippen LogP contribution < -0.4 is 0 Å². The van der Waals surface area contributed by atoms with E-state index in [2.05, 4.69) is 0 Å². The van der Waals surface area contributed by atoms with Crippen LogP contribution in [-0.2, 0) is 4.79 Å². The molecule has 0 bridgehead atoms. The Labute approximate surface area is 153 Å². The number of para-hydroxylation sites is 1. The average Bonchev–Trinajstić information content (AvgIpc) is 3.15. The number of imide groups is 1. The van der Waals surface area contributed by atoms with Gasteiger partial charge in [-0.1, -0.05) is 26.0 Å².